The number of nitrogens with one attached hydrogen (secondary N) is 1. The first-order valence-electron chi connectivity index (χ1n) is 10.6. The van der Waals surface area contributed by atoms with Crippen LogP contribution in [0.3, 0.4) is 0 Å². The lowest BCUT2D eigenvalue weighted by Crippen LogP contribution is -2.43. The van der Waals surface area contributed by atoms with Gasteiger partial charge in [0.05, 0.1) is 18.3 Å². The SMILES string of the molecule is CCCCOc1ccc(C2=C[C@@H]3c4ccccc4O[C@@H](c4ccccc4)N3N2)cc1. The minimum absolute atomic E-state index is 0.107. The zero-order chi connectivity index (χ0) is 20.3. The summed E-state index contributed by atoms with van der Waals surface area (Å²) in [5.74, 6) is 1.85. The van der Waals surface area contributed by atoms with Crippen molar-refractivity contribution in [3.63, 3.8) is 0 Å². The summed E-state index contributed by atoms with van der Waals surface area (Å²) in [4.78, 5) is 0. The Morgan fingerprint density at radius 1 is 0.933 bits per heavy atom. The molecule has 2 aliphatic heterocycles. The fourth-order valence-corrected chi connectivity index (χ4v) is 4.01. The average Bonchev–Trinajstić information content (AvgIpc) is 3.25. The van der Waals surface area contributed by atoms with E-state index in [2.05, 4.69) is 78.0 Å². The van der Waals surface area contributed by atoms with Gasteiger partial charge in [0.15, 0.2) is 6.23 Å². The van der Waals surface area contributed by atoms with Crippen LogP contribution in [0.1, 0.15) is 48.7 Å². The van der Waals surface area contributed by atoms with Gasteiger partial charge in [0.25, 0.3) is 0 Å². The molecule has 5 rings (SSSR count). The maximum absolute atomic E-state index is 6.40. The van der Waals surface area contributed by atoms with E-state index in [9.17, 15) is 0 Å². The molecule has 0 aliphatic carbocycles. The highest BCUT2D eigenvalue weighted by atomic mass is 16.5. The van der Waals surface area contributed by atoms with Crippen molar-refractivity contribution in [1.82, 2.24) is 10.4 Å². The maximum Gasteiger partial charge on any atom is 0.195 e. The fraction of sp³-hybridized carbons (Fsp3) is 0.231. The highest BCUT2D eigenvalue weighted by molar-refractivity contribution is 5.68. The van der Waals surface area contributed by atoms with Crippen LogP contribution in [0.15, 0.2) is 84.9 Å². The molecule has 2 heterocycles. The summed E-state index contributed by atoms with van der Waals surface area (Å²) in [6.45, 7) is 2.93. The van der Waals surface area contributed by atoms with E-state index in [4.69, 9.17) is 9.47 Å². The number of fused-ring (bicyclic) bond motifs is 3. The fourth-order valence-electron chi connectivity index (χ4n) is 4.01. The predicted molar refractivity (Wildman–Crippen MR) is 119 cm³/mol. The van der Waals surface area contributed by atoms with E-state index < -0.39 is 0 Å². The molecule has 30 heavy (non-hydrogen) atoms. The van der Waals surface area contributed by atoms with Gasteiger partial charge < -0.3 is 14.9 Å². The Balaban J connectivity index is 1.44. The molecule has 0 amide bonds. The van der Waals surface area contributed by atoms with Crippen LogP contribution < -0.4 is 14.9 Å². The molecule has 0 spiro atoms. The molecule has 4 heteroatoms. The number of hydrogen-bond acceptors (Lipinski definition) is 4. The topological polar surface area (TPSA) is 33.7 Å². The molecule has 0 saturated carbocycles. The molecule has 1 N–H and O–H groups in total. The number of nitrogens with zero attached hydrogens (tertiary/aromatic N) is 1. The first-order valence-corrected chi connectivity index (χ1v) is 10.6. The molecule has 152 valence electrons. The highest BCUT2D eigenvalue weighted by Gasteiger charge is 2.39. The van der Waals surface area contributed by atoms with Crippen molar-refractivity contribution in [2.24, 2.45) is 0 Å². The number of benzene rings is 3. The molecule has 0 bridgehead atoms. The lowest BCUT2D eigenvalue weighted by molar-refractivity contribution is -0.0326. The summed E-state index contributed by atoms with van der Waals surface area (Å²) >= 11 is 0. The van der Waals surface area contributed by atoms with E-state index in [0.29, 0.717) is 0 Å². The number of ether oxygens (including phenoxy) is 2. The molecule has 0 fully saturated rings. The van der Waals surface area contributed by atoms with Crippen LogP contribution in [0.25, 0.3) is 5.70 Å². The minimum Gasteiger partial charge on any atom is -0.494 e. The van der Waals surface area contributed by atoms with Crippen molar-refractivity contribution in [1.29, 1.82) is 0 Å². The van der Waals surface area contributed by atoms with Gasteiger partial charge in [0, 0.05) is 11.1 Å². The van der Waals surface area contributed by atoms with Crippen LogP contribution in [-0.2, 0) is 0 Å². The first kappa shape index (κ1) is 18.8. The van der Waals surface area contributed by atoms with Crippen LogP contribution in [0, 0.1) is 0 Å². The quantitative estimate of drug-likeness (QED) is 0.528. The van der Waals surface area contributed by atoms with Crippen molar-refractivity contribution in [2.45, 2.75) is 32.0 Å². The van der Waals surface area contributed by atoms with E-state index in [1.807, 2.05) is 24.3 Å². The van der Waals surface area contributed by atoms with Crippen LogP contribution >= 0.6 is 0 Å². The molecule has 3 aromatic carbocycles. The third kappa shape index (κ3) is 3.55. The Morgan fingerprint density at radius 3 is 2.50 bits per heavy atom. The Bertz CT molecular complexity index is 1030. The number of unbranched alkanes of at least 4 members (excludes halogenated alkanes) is 1. The van der Waals surface area contributed by atoms with Gasteiger partial charge in [-0.1, -0.05) is 61.9 Å². The van der Waals surface area contributed by atoms with Crippen molar-refractivity contribution in [3.8, 4) is 11.5 Å². The molecule has 0 radical (unpaired) electrons. The average molecular weight is 399 g/mol. The molecule has 3 aromatic rings. The molecular formula is C26H26N2O2. The third-order valence-electron chi connectivity index (χ3n) is 5.62. The normalized spacial score (nSPS) is 19.8. The second-order valence-electron chi connectivity index (χ2n) is 7.69. The number of rotatable bonds is 6. The largest absolute Gasteiger partial charge is 0.494 e. The summed E-state index contributed by atoms with van der Waals surface area (Å²) < 4.78 is 12.2. The number of para-hydroxylation sites is 1. The number of hydrazine groups is 1. The summed E-state index contributed by atoms with van der Waals surface area (Å²) in [5, 5.41) is 2.19. The predicted octanol–water partition coefficient (Wildman–Crippen LogP) is 5.86. The van der Waals surface area contributed by atoms with Crippen LogP contribution in [0.4, 0.5) is 0 Å². The summed E-state index contributed by atoms with van der Waals surface area (Å²) in [6, 6.07) is 27.1. The first-order chi connectivity index (χ1) is 14.8. The zero-order valence-electron chi connectivity index (χ0n) is 17.1. The minimum atomic E-state index is -0.198. The van der Waals surface area contributed by atoms with Gasteiger partial charge in [0.1, 0.15) is 11.5 Å². The monoisotopic (exact) mass is 398 g/mol. The van der Waals surface area contributed by atoms with Crippen LogP contribution in [-0.4, -0.2) is 11.6 Å². The molecule has 0 aromatic heterocycles. The van der Waals surface area contributed by atoms with E-state index >= 15 is 0 Å². The zero-order valence-corrected chi connectivity index (χ0v) is 17.1. The maximum atomic E-state index is 6.40. The molecule has 4 nitrogen and oxygen atoms in total. The van der Waals surface area contributed by atoms with E-state index in [-0.39, 0.29) is 12.3 Å². The van der Waals surface area contributed by atoms with Gasteiger partial charge in [-0.3, -0.25) is 0 Å². The van der Waals surface area contributed by atoms with Crippen LogP contribution in [0.2, 0.25) is 0 Å². The van der Waals surface area contributed by atoms with Crippen LogP contribution in [0.5, 0.6) is 11.5 Å². The number of hydrogen-bond donors (Lipinski definition) is 1. The van der Waals surface area contributed by atoms with Gasteiger partial charge in [-0.2, -0.15) is 5.01 Å². The summed E-state index contributed by atoms with van der Waals surface area (Å²) in [6.07, 6.45) is 4.30. The van der Waals surface area contributed by atoms with E-state index in [0.717, 1.165) is 47.8 Å². The molecule has 0 unspecified atom stereocenters. The standard InChI is InChI=1S/C26H26N2O2/c1-2-3-17-29-21-15-13-19(14-16-21)23-18-24-22-11-7-8-12-25(22)30-26(28(24)27-23)20-9-5-4-6-10-20/h4-16,18,24,26-27H,2-3,17H2,1H3/t24-,26+/m1/s1. The summed E-state index contributed by atoms with van der Waals surface area (Å²) in [5.41, 5.74) is 8.12. The van der Waals surface area contributed by atoms with Gasteiger partial charge in [-0.25, -0.2) is 0 Å². The highest BCUT2D eigenvalue weighted by Crippen LogP contribution is 2.45. The van der Waals surface area contributed by atoms with Gasteiger partial charge in [-0.05, 0) is 48.4 Å². The Hall–Kier alpha value is -3.24. The smallest absolute Gasteiger partial charge is 0.195 e. The van der Waals surface area contributed by atoms with E-state index in [1.54, 1.807) is 0 Å². The lowest BCUT2D eigenvalue weighted by atomic mass is 10.0. The Labute approximate surface area is 177 Å². The van der Waals surface area contributed by atoms with Gasteiger partial charge in [-0.15, -0.1) is 0 Å². The molecular weight excluding hydrogens is 372 g/mol. The Morgan fingerprint density at radius 2 is 1.70 bits per heavy atom. The van der Waals surface area contributed by atoms with Gasteiger partial charge in [0.2, 0.25) is 0 Å². The van der Waals surface area contributed by atoms with Crippen molar-refractivity contribution in [3.05, 3.63) is 102 Å². The molecule has 2 atom stereocenters. The Kier molecular flexibility index (Phi) is 5.16. The molecule has 0 saturated heterocycles. The summed E-state index contributed by atoms with van der Waals surface area (Å²) in [7, 11) is 0. The van der Waals surface area contributed by atoms with E-state index in [1.165, 1.54) is 5.56 Å². The second-order valence-corrected chi connectivity index (χ2v) is 7.69. The lowest BCUT2D eigenvalue weighted by Gasteiger charge is -2.38. The van der Waals surface area contributed by atoms with Gasteiger partial charge >= 0.3 is 0 Å². The van der Waals surface area contributed by atoms with Crippen molar-refractivity contribution in [2.75, 3.05) is 6.61 Å². The molecule has 2 aliphatic rings. The van der Waals surface area contributed by atoms with Crippen molar-refractivity contribution < 1.29 is 9.47 Å². The third-order valence-corrected chi connectivity index (χ3v) is 5.62. The second kappa shape index (κ2) is 8.25. The van der Waals surface area contributed by atoms with Crippen molar-refractivity contribution >= 4 is 5.70 Å².